The summed E-state index contributed by atoms with van der Waals surface area (Å²) in [5.74, 6) is 1.51. The fraction of sp³-hybridized carbons (Fsp3) is 0.588. The highest BCUT2D eigenvalue weighted by Gasteiger charge is 2.23. The number of nitrogens with one attached hydrogen (secondary N) is 1. The summed E-state index contributed by atoms with van der Waals surface area (Å²) >= 11 is 6.12. The Morgan fingerprint density at radius 3 is 2.71 bits per heavy atom. The second-order valence-corrected chi connectivity index (χ2v) is 6.57. The van der Waals surface area contributed by atoms with Gasteiger partial charge in [-0.15, -0.1) is 0 Å². The number of halogens is 1. The predicted octanol–water partition coefficient (Wildman–Crippen LogP) is 2.43. The highest BCUT2D eigenvalue weighted by Crippen LogP contribution is 2.27. The van der Waals surface area contributed by atoms with E-state index in [9.17, 15) is 0 Å². The number of rotatable bonds is 6. The number of guanidine groups is 1. The summed E-state index contributed by atoms with van der Waals surface area (Å²) in [6.07, 6.45) is 0. The third-order valence-electron chi connectivity index (χ3n) is 4.16. The molecule has 0 amide bonds. The molecule has 1 unspecified atom stereocenters. The minimum Gasteiger partial charge on any atom is -0.495 e. The number of hydrogen-bond acceptors (Lipinski definition) is 4. The van der Waals surface area contributed by atoms with Crippen molar-refractivity contribution in [2.75, 3.05) is 45.3 Å². The Morgan fingerprint density at radius 1 is 1.42 bits per heavy atom. The molecule has 0 radical (unpaired) electrons. The van der Waals surface area contributed by atoms with Crippen LogP contribution in [0.15, 0.2) is 23.2 Å². The van der Waals surface area contributed by atoms with Gasteiger partial charge in [0.05, 0.1) is 31.9 Å². The fourth-order valence-corrected chi connectivity index (χ4v) is 3.04. The normalized spacial score (nSPS) is 17.8. The number of nitrogens with zero attached hydrogens (tertiary/aromatic N) is 2. The molecule has 0 aliphatic carbocycles. The van der Waals surface area contributed by atoms with Gasteiger partial charge in [-0.2, -0.15) is 0 Å². The smallest absolute Gasteiger partial charge is 0.193 e. The second-order valence-electron chi connectivity index (χ2n) is 6.16. The summed E-state index contributed by atoms with van der Waals surface area (Å²) in [6.45, 7) is 8.53. The van der Waals surface area contributed by atoms with Crippen molar-refractivity contribution in [2.45, 2.75) is 19.9 Å². The van der Waals surface area contributed by atoms with Gasteiger partial charge in [0, 0.05) is 24.8 Å². The number of methoxy groups -OCH3 is 1. The molecule has 1 fully saturated rings. The van der Waals surface area contributed by atoms with Crippen LogP contribution in [0.3, 0.4) is 0 Å². The first-order valence-corrected chi connectivity index (χ1v) is 8.61. The van der Waals surface area contributed by atoms with E-state index in [4.69, 9.17) is 26.8 Å². The van der Waals surface area contributed by atoms with Crippen LogP contribution in [0.2, 0.25) is 5.02 Å². The van der Waals surface area contributed by atoms with Crippen LogP contribution in [0.1, 0.15) is 13.8 Å². The Kier molecular flexibility index (Phi) is 7.15. The number of benzene rings is 1. The van der Waals surface area contributed by atoms with Gasteiger partial charge < -0.3 is 20.5 Å². The highest BCUT2D eigenvalue weighted by molar-refractivity contribution is 6.32. The van der Waals surface area contributed by atoms with Crippen molar-refractivity contribution in [1.29, 1.82) is 0 Å². The summed E-state index contributed by atoms with van der Waals surface area (Å²) < 4.78 is 10.6. The minimum absolute atomic E-state index is 0.355. The highest BCUT2D eigenvalue weighted by atomic mass is 35.5. The van der Waals surface area contributed by atoms with E-state index in [2.05, 4.69) is 29.1 Å². The topological polar surface area (TPSA) is 72.1 Å². The molecule has 1 aromatic carbocycles. The van der Waals surface area contributed by atoms with Gasteiger partial charge in [-0.1, -0.05) is 25.4 Å². The molecule has 1 atom stereocenters. The zero-order valence-corrected chi connectivity index (χ0v) is 15.3. The summed E-state index contributed by atoms with van der Waals surface area (Å²) in [5, 5.41) is 3.61. The van der Waals surface area contributed by atoms with Crippen molar-refractivity contribution in [1.82, 2.24) is 4.90 Å². The van der Waals surface area contributed by atoms with E-state index in [1.807, 2.05) is 6.07 Å². The lowest BCUT2D eigenvalue weighted by atomic mass is 10.0. The SMILES string of the molecule is COc1ccc(NC(N)=NCC(C(C)C)N2CCOCC2)cc1Cl. The quantitative estimate of drug-likeness (QED) is 0.606. The van der Waals surface area contributed by atoms with Gasteiger partial charge in [0.1, 0.15) is 5.75 Å². The van der Waals surface area contributed by atoms with Gasteiger partial charge >= 0.3 is 0 Å². The summed E-state index contributed by atoms with van der Waals surface area (Å²) in [5.41, 5.74) is 6.81. The Balaban J connectivity index is 1.97. The van der Waals surface area contributed by atoms with Crippen LogP contribution >= 0.6 is 11.6 Å². The largest absolute Gasteiger partial charge is 0.495 e. The summed E-state index contributed by atoms with van der Waals surface area (Å²) in [7, 11) is 1.59. The molecule has 1 heterocycles. The molecule has 0 aromatic heterocycles. The van der Waals surface area contributed by atoms with Crippen LogP contribution in [0, 0.1) is 5.92 Å². The van der Waals surface area contributed by atoms with Gasteiger partial charge in [-0.3, -0.25) is 9.89 Å². The number of nitrogens with two attached hydrogens (primary N) is 1. The number of hydrogen-bond donors (Lipinski definition) is 2. The lowest BCUT2D eigenvalue weighted by Gasteiger charge is -2.36. The van der Waals surface area contributed by atoms with E-state index < -0.39 is 0 Å². The van der Waals surface area contributed by atoms with Crippen molar-refractivity contribution in [3.63, 3.8) is 0 Å². The molecular formula is C17H27ClN4O2. The van der Waals surface area contributed by atoms with E-state index in [0.29, 0.717) is 35.2 Å². The van der Waals surface area contributed by atoms with Gasteiger partial charge in [0.2, 0.25) is 0 Å². The molecule has 0 saturated carbocycles. The standard InChI is InChI=1S/C17H27ClN4O2/c1-12(2)15(22-6-8-24-9-7-22)11-20-17(19)21-13-4-5-16(23-3)14(18)10-13/h4-5,10,12,15H,6-9,11H2,1-3H3,(H3,19,20,21). The summed E-state index contributed by atoms with van der Waals surface area (Å²) in [4.78, 5) is 6.94. The molecule has 24 heavy (non-hydrogen) atoms. The maximum absolute atomic E-state index is 6.12. The third-order valence-corrected chi connectivity index (χ3v) is 4.45. The lowest BCUT2D eigenvalue weighted by Crippen LogP contribution is -2.47. The fourth-order valence-electron chi connectivity index (χ4n) is 2.78. The van der Waals surface area contributed by atoms with Gasteiger partial charge in [-0.05, 0) is 24.1 Å². The Hall–Kier alpha value is -1.50. The molecule has 134 valence electrons. The molecule has 1 saturated heterocycles. The average Bonchev–Trinajstić information content (AvgIpc) is 2.56. The van der Waals surface area contributed by atoms with Gasteiger partial charge in [0.25, 0.3) is 0 Å². The molecular weight excluding hydrogens is 328 g/mol. The maximum Gasteiger partial charge on any atom is 0.193 e. The number of anilines is 1. The maximum atomic E-state index is 6.12. The summed E-state index contributed by atoms with van der Waals surface area (Å²) in [6, 6.07) is 5.77. The van der Waals surface area contributed by atoms with Crippen molar-refractivity contribution in [2.24, 2.45) is 16.6 Å². The van der Waals surface area contributed by atoms with Crippen LogP contribution in [0.25, 0.3) is 0 Å². The number of aliphatic imine (C=N–C) groups is 1. The molecule has 0 spiro atoms. The Bertz CT molecular complexity index is 560. The molecule has 6 nitrogen and oxygen atoms in total. The van der Waals surface area contributed by atoms with E-state index in [1.54, 1.807) is 19.2 Å². The molecule has 0 bridgehead atoms. The van der Waals surface area contributed by atoms with Crippen LogP contribution in [-0.4, -0.2) is 56.9 Å². The first kappa shape index (κ1) is 18.8. The molecule has 1 aromatic rings. The van der Waals surface area contributed by atoms with Crippen molar-refractivity contribution < 1.29 is 9.47 Å². The van der Waals surface area contributed by atoms with Crippen molar-refractivity contribution >= 4 is 23.2 Å². The van der Waals surface area contributed by atoms with E-state index in [-0.39, 0.29) is 0 Å². The zero-order valence-electron chi connectivity index (χ0n) is 14.6. The van der Waals surface area contributed by atoms with Crippen LogP contribution in [-0.2, 0) is 4.74 Å². The third kappa shape index (κ3) is 5.26. The first-order chi connectivity index (χ1) is 11.5. The Morgan fingerprint density at radius 2 is 2.12 bits per heavy atom. The van der Waals surface area contributed by atoms with Crippen molar-refractivity contribution in [3.05, 3.63) is 23.2 Å². The monoisotopic (exact) mass is 354 g/mol. The number of morpholine rings is 1. The zero-order chi connectivity index (χ0) is 17.5. The average molecular weight is 355 g/mol. The van der Waals surface area contributed by atoms with Crippen LogP contribution in [0.4, 0.5) is 5.69 Å². The Labute approximate surface area is 149 Å². The minimum atomic E-state index is 0.355. The molecule has 7 heteroatoms. The van der Waals surface area contributed by atoms with Crippen LogP contribution < -0.4 is 15.8 Å². The van der Waals surface area contributed by atoms with E-state index in [0.717, 1.165) is 32.0 Å². The van der Waals surface area contributed by atoms with Crippen LogP contribution in [0.5, 0.6) is 5.75 Å². The molecule has 2 rings (SSSR count). The predicted molar refractivity (Wildman–Crippen MR) is 99.1 cm³/mol. The first-order valence-electron chi connectivity index (χ1n) is 8.23. The molecule has 1 aliphatic rings. The second kappa shape index (κ2) is 9.11. The van der Waals surface area contributed by atoms with E-state index in [1.165, 1.54) is 0 Å². The number of ether oxygens (including phenoxy) is 2. The van der Waals surface area contributed by atoms with E-state index >= 15 is 0 Å². The molecule has 3 N–H and O–H groups in total. The van der Waals surface area contributed by atoms with Crippen molar-refractivity contribution in [3.8, 4) is 5.75 Å². The molecule has 1 aliphatic heterocycles. The lowest BCUT2D eigenvalue weighted by molar-refractivity contribution is 0.00870. The van der Waals surface area contributed by atoms with Gasteiger partial charge in [-0.25, -0.2) is 0 Å². The van der Waals surface area contributed by atoms with Gasteiger partial charge in [0.15, 0.2) is 5.96 Å².